The fourth-order valence-corrected chi connectivity index (χ4v) is 3.44. The number of hydrogen-bond acceptors (Lipinski definition) is 4. The maximum Gasteiger partial charge on any atom is 0.416 e. The molecular weight excluding hydrogens is 372 g/mol. The van der Waals surface area contributed by atoms with Crippen LogP contribution in [0.3, 0.4) is 0 Å². The number of aromatic amines is 1. The van der Waals surface area contributed by atoms with Crippen LogP contribution < -0.4 is 5.73 Å². The van der Waals surface area contributed by atoms with Gasteiger partial charge in [-0.2, -0.15) is 23.5 Å². The molecule has 1 aromatic heterocycles. The van der Waals surface area contributed by atoms with E-state index < -0.39 is 11.7 Å². The summed E-state index contributed by atoms with van der Waals surface area (Å²) in [6.45, 7) is 0. The van der Waals surface area contributed by atoms with E-state index in [0.29, 0.717) is 22.6 Å². The quantitative estimate of drug-likeness (QED) is 0.764. The molecular formula is C13H9Cl2F3N4S. The number of halogens is 5. The highest BCUT2D eigenvalue weighted by Crippen LogP contribution is 2.37. The molecule has 10 heteroatoms. The Kier molecular flexibility index (Phi) is 5.34. The summed E-state index contributed by atoms with van der Waals surface area (Å²) in [7, 11) is 0. The Morgan fingerprint density at radius 3 is 2.43 bits per heavy atom. The molecule has 0 radical (unpaired) electrons. The van der Waals surface area contributed by atoms with Gasteiger partial charge < -0.3 is 5.73 Å². The second-order valence-electron chi connectivity index (χ2n) is 4.44. The minimum atomic E-state index is -4.51. The largest absolute Gasteiger partial charge is 0.416 e. The fraction of sp³-hybridized carbons (Fsp3) is 0.231. The van der Waals surface area contributed by atoms with E-state index in [9.17, 15) is 13.2 Å². The molecule has 0 unspecified atom stereocenters. The third-order valence-electron chi connectivity index (χ3n) is 2.93. The number of H-pyrrole nitrogens is 1. The van der Waals surface area contributed by atoms with Crippen LogP contribution in [0.25, 0.3) is 0 Å². The molecule has 2 aromatic rings. The molecule has 23 heavy (non-hydrogen) atoms. The number of benzene rings is 1. The molecule has 0 aliphatic carbocycles. The first-order chi connectivity index (χ1) is 10.7. The highest BCUT2D eigenvalue weighted by molar-refractivity contribution is 7.99. The van der Waals surface area contributed by atoms with E-state index in [-0.39, 0.29) is 21.6 Å². The van der Waals surface area contributed by atoms with Crippen molar-refractivity contribution in [2.24, 2.45) is 0 Å². The smallest absolute Gasteiger partial charge is 0.381 e. The van der Waals surface area contributed by atoms with Gasteiger partial charge in [-0.15, -0.1) is 11.8 Å². The molecule has 0 saturated heterocycles. The van der Waals surface area contributed by atoms with Crippen molar-refractivity contribution in [2.45, 2.75) is 17.5 Å². The minimum absolute atomic E-state index is 0.0499. The highest BCUT2D eigenvalue weighted by Gasteiger charge is 2.31. The van der Waals surface area contributed by atoms with Crippen molar-refractivity contribution in [2.75, 3.05) is 11.5 Å². The zero-order chi connectivity index (χ0) is 17.2. The summed E-state index contributed by atoms with van der Waals surface area (Å²) >= 11 is 13.1. The molecule has 0 fully saturated rings. The van der Waals surface area contributed by atoms with Gasteiger partial charge in [0.05, 0.1) is 10.5 Å². The maximum absolute atomic E-state index is 12.7. The first kappa shape index (κ1) is 17.8. The van der Waals surface area contributed by atoms with Crippen LogP contribution in [0.1, 0.15) is 16.8 Å². The number of anilines is 1. The predicted octanol–water partition coefficient (Wildman–Crippen LogP) is 4.52. The Bertz CT molecular complexity index is 745. The summed E-state index contributed by atoms with van der Waals surface area (Å²) in [5, 5.41) is 15.0. The van der Waals surface area contributed by atoms with Crippen molar-refractivity contribution < 1.29 is 13.2 Å². The van der Waals surface area contributed by atoms with Crippen LogP contribution in [0.5, 0.6) is 0 Å². The van der Waals surface area contributed by atoms with Gasteiger partial charge in [0.1, 0.15) is 6.07 Å². The Labute approximate surface area is 143 Å². The second-order valence-corrected chi connectivity index (χ2v) is 6.36. The number of hydrogen-bond donors (Lipinski definition) is 2. The van der Waals surface area contributed by atoms with Crippen LogP contribution in [0, 0.1) is 11.3 Å². The lowest BCUT2D eigenvalue weighted by atomic mass is 10.1. The van der Waals surface area contributed by atoms with Gasteiger partial charge >= 0.3 is 6.18 Å². The van der Waals surface area contributed by atoms with Crippen LogP contribution in [-0.2, 0) is 12.6 Å². The van der Waals surface area contributed by atoms with E-state index in [1.165, 1.54) is 11.8 Å². The number of alkyl halides is 3. The van der Waals surface area contributed by atoms with E-state index in [2.05, 4.69) is 10.2 Å². The molecule has 1 aromatic carbocycles. The molecule has 122 valence electrons. The number of aromatic nitrogens is 2. The molecule has 2 rings (SSSR count). The monoisotopic (exact) mass is 380 g/mol. The Hall–Kier alpha value is -1.56. The van der Waals surface area contributed by atoms with Crippen LogP contribution in [0.15, 0.2) is 17.0 Å². The zero-order valence-electron chi connectivity index (χ0n) is 11.3. The summed E-state index contributed by atoms with van der Waals surface area (Å²) in [6, 6.07) is 3.61. The SMILES string of the molecule is N#Cc1[nH]nc(N)c1SCCc1c(Cl)cc(C(F)(F)F)cc1Cl. The van der Waals surface area contributed by atoms with Crippen molar-refractivity contribution in [1.29, 1.82) is 5.26 Å². The lowest BCUT2D eigenvalue weighted by molar-refractivity contribution is -0.137. The zero-order valence-corrected chi connectivity index (χ0v) is 13.7. The van der Waals surface area contributed by atoms with Crippen molar-refractivity contribution >= 4 is 40.8 Å². The van der Waals surface area contributed by atoms with Crippen molar-refractivity contribution in [3.8, 4) is 6.07 Å². The minimum Gasteiger partial charge on any atom is -0.381 e. The van der Waals surface area contributed by atoms with Crippen molar-refractivity contribution in [3.63, 3.8) is 0 Å². The average molecular weight is 381 g/mol. The van der Waals surface area contributed by atoms with Crippen LogP contribution >= 0.6 is 35.0 Å². The fourth-order valence-electron chi connectivity index (χ4n) is 1.83. The summed E-state index contributed by atoms with van der Waals surface area (Å²) in [4.78, 5) is 0.492. The van der Waals surface area contributed by atoms with Gasteiger partial charge in [0.15, 0.2) is 11.5 Å². The molecule has 3 N–H and O–H groups in total. The number of nitrogens with two attached hydrogens (primary N) is 1. The third-order valence-corrected chi connectivity index (χ3v) is 4.71. The molecule has 0 bridgehead atoms. The average Bonchev–Trinajstić information content (AvgIpc) is 2.81. The normalized spacial score (nSPS) is 11.5. The lowest BCUT2D eigenvalue weighted by Gasteiger charge is -2.12. The van der Waals surface area contributed by atoms with Crippen LogP contribution in [-0.4, -0.2) is 16.0 Å². The first-order valence-electron chi connectivity index (χ1n) is 6.16. The van der Waals surface area contributed by atoms with Gasteiger partial charge in [0.25, 0.3) is 0 Å². The summed E-state index contributed by atoms with van der Waals surface area (Å²) in [5.41, 5.74) is 5.38. The number of nitriles is 1. The number of nitrogens with one attached hydrogen (secondary N) is 1. The van der Waals surface area contributed by atoms with E-state index >= 15 is 0 Å². The molecule has 0 saturated carbocycles. The highest BCUT2D eigenvalue weighted by atomic mass is 35.5. The summed E-state index contributed by atoms with van der Waals surface area (Å²) in [6.07, 6.45) is -4.19. The molecule has 0 spiro atoms. The topological polar surface area (TPSA) is 78.5 Å². The Balaban J connectivity index is 2.13. The molecule has 0 atom stereocenters. The van der Waals surface area contributed by atoms with Gasteiger partial charge in [0, 0.05) is 15.8 Å². The maximum atomic E-state index is 12.7. The second kappa shape index (κ2) is 6.91. The summed E-state index contributed by atoms with van der Waals surface area (Å²) in [5.74, 6) is 0.611. The third kappa shape index (κ3) is 4.05. The van der Waals surface area contributed by atoms with E-state index in [4.69, 9.17) is 34.2 Å². The van der Waals surface area contributed by atoms with Gasteiger partial charge in [-0.05, 0) is 24.1 Å². The molecule has 1 heterocycles. The summed E-state index contributed by atoms with van der Waals surface area (Å²) < 4.78 is 38.0. The van der Waals surface area contributed by atoms with Crippen molar-refractivity contribution in [3.05, 3.63) is 39.0 Å². The van der Waals surface area contributed by atoms with Gasteiger partial charge in [0.2, 0.25) is 0 Å². The lowest BCUT2D eigenvalue weighted by Crippen LogP contribution is -2.06. The number of rotatable bonds is 4. The number of nitrogens with zero attached hydrogens (tertiary/aromatic N) is 2. The van der Waals surface area contributed by atoms with E-state index in [1.807, 2.05) is 6.07 Å². The standard InChI is InChI=1S/C13H9Cl2F3N4S/c14-8-3-6(13(16,17)18)4-9(15)7(8)1-2-23-11-10(5-19)21-22-12(11)20/h3-4H,1-2H2,(H3,20,21,22). The van der Waals surface area contributed by atoms with Crippen LogP contribution in [0.4, 0.5) is 19.0 Å². The predicted molar refractivity (Wildman–Crippen MR) is 83.6 cm³/mol. The number of nitrogen functional groups attached to an aromatic ring is 1. The Morgan fingerprint density at radius 2 is 1.91 bits per heavy atom. The van der Waals surface area contributed by atoms with Crippen LogP contribution in [0.2, 0.25) is 10.0 Å². The number of thioether (sulfide) groups is 1. The van der Waals surface area contributed by atoms with Gasteiger partial charge in [-0.25, -0.2) is 0 Å². The van der Waals surface area contributed by atoms with E-state index in [0.717, 1.165) is 12.1 Å². The Morgan fingerprint density at radius 1 is 1.30 bits per heavy atom. The van der Waals surface area contributed by atoms with Crippen molar-refractivity contribution in [1.82, 2.24) is 10.2 Å². The first-order valence-corrected chi connectivity index (χ1v) is 7.90. The van der Waals surface area contributed by atoms with Gasteiger partial charge in [-0.3, -0.25) is 5.10 Å². The van der Waals surface area contributed by atoms with Gasteiger partial charge in [-0.1, -0.05) is 23.2 Å². The molecule has 0 amide bonds. The van der Waals surface area contributed by atoms with E-state index in [1.54, 1.807) is 0 Å². The molecule has 0 aliphatic heterocycles. The molecule has 0 aliphatic rings. The molecule has 4 nitrogen and oxygen atoms in total.